The van der Waals surface area contributed by atoms with Gasteiger partial charge in [-0.15, -0.1) is 0 Å². The van der Waals surface area contributed by atoms with E-state index in [4.69, 9.17) is 4.42 Å². The van der Waals surface area contributed by atoms with Crippen LogP contribution < -0.4 is 5.32 Å². The summed E-state index contributed by atoms with van der Waals surface area (Å²) >= 11 is 3.34. The van der Waals surface area contributed by atoms with Crippen LogP contribution in [-0.2, 0) is 0 Å². The third-order valence-electron chi connectivity index (χ3n) is 3.10. The molecule has 0 bridgehead atoms. The molecule has 4 heteroatoms. The molecule has 84 valence electrons. The maximum Gasteiger partial charge on any atom is 0.169 e. The van der Waals surface area contributed by atoms with E-state index >= 15 is 0 Å². The van der Waals surface area contributed by atoms with Gasteiger partial charge in [-0.2, -0.15) is 0 Å². The molecule has 0 radical (unpaired) electrons. The molecule has 0 aliphatic carbocycles. The van der Waals surface area contributed by atoms with Crippen molar-refractivity contribution in [3.05, 3.63) is 22.6 Å². The Balaban J connectivity index is 2.07. The van der Waals surface area contributed by atoms with Crippen LogP contribution in [0.25, 0.3) is 0 Å². The minimum absolute atomic E-state index is 0.355. The first-order chi connectivity index (χ1) is 7.22. The molecule has 1 fully saturated rings. The normalized spacial score (nSPS) is 19.2. The van der Waals surface area contributed by atoms with E-state index in [2.05, 4.69) is 40.0 Å². The number of rotatable bonds is 4. The Morgan fingerprint density at radius 3 is 2.73 bits per heavy atom. The average molecular weight is 273 g/mol. The van der Waals surface area contributed by atoms with Crippen LogP contribution in [0.1, 0.15) is 25.6 Å². The number of furan rings is 1. The number of hydrogen-bond acceptors (Lipinski definition) is 3. The van der Waals surface area contributed by atoms with Crippen LogP contribution in [0.3, 0.4) is 0 Å². The predicted molar refractivity (Wildman–Crippen MR) is 63.9 cm³/mol. The van der Waals surface area contributed by atoms with Crippen LogP contribution in [0.4, 0.5) is 0 Å². The summed E-state index contributed by atoms with van der Waals surface area (Å²) in [6.07, 6.45) is 0. The molecule has 1 aromatic heterocycles. The van der Waals surface area contributed by atoms with E-state index in [9.17, 15) is 0 Å². The minimum Gasteiger partial charge on any atom is -0.453 e. The lowest BCUT2D eigenvalue weighted by molar-refractivity contribution is 0.0973. The van der Waals surface area contributed by atoms with Gasteiger partial charge in [-0.1, -0.05) is 6.92 Å². The first kappa shape index (κ1) is 11.2. The molecule has 2 heterocycles. The fraction of sp³-hybridized carbons (Fsp3) is 0.636. The first-order valence-corrected chi connectivity index (χ1v) is 6.23. The van der Waals surface area contributed by atoms with Crippen LogP contribution in [0, 0.1) is 0 Å². The molecular formula is C11H17BrN2O. The largest absolute Gasteiger partial charge is 0.453 e. The van der Waals surface area contributed by atoms with E-state index in [1.807, 2.05) is 12.1 Å². The molecule has 3 nitrogen and oxygen atoms in total. The van der Waals surface area contributed by atoms with Crippen molar-refractivity contribution >= 4 is 15.9 Å². The summed E-state index contributed by atoms with van der Waals surface area (Å²) in [7, 11) is 0. The first-order valence-electron chi connectivity index (χ1n) is 5.44. The van der Waals surface area contributed by atoms with Gasteiger partial charge < -0.3 is 9.73 Å². The van der Waals surface area contributed by atoms with Gasteiger partial charge in [0.1, 0.15) is 5.76 Å². The van der Waals surface area contributed by atoms with Crippen molar-refractivity contribution < 1.29 is 4.42 Å². The smallest absolute Gasteiger partial charge is 0.169 e. The molecule has 15 heavy (non-hydrogen) atoms. The summed E-state index contributed by atoms with van der Waals surface area (Å²) < 4.78 is 6.41. The quantitative estimate of drug-likeness (QED) is 0.913. The Hall–Kier alpha value is -0.320. The van der Waals surface area contributed by atoms with Crippen molar-refractivity contribution in [2.45, 2.75) is 25.9 Å². The zero-order valence-corrected chi connectivity index (χ0v) is 10.8. The van der Waals surface area contributed by atoms with Crippen LogP contribution in [0.15, 0.2) is 21.2 Å². The zero-order valence-electron chi connectivity index (χ0n) is 9.16. The molecule has 1 aliphatic rings. The van der Waals surface area contributed by atoms with Crippen molar-refractivity contribution in [1.29, 1.82) is 0 Å². The summed E-state index contributed by atoms with van der Waals surface area (Å²) in [5, 5.41) is 3.31. The molecular weight excluding hydrogens is 256 g/mol. The maximum atomic E-state index is 5.60. The molecule has 0 aromatic carbocycles. The van der Waals surface area contributed by atoms with E-state index in [1.165, 1.54) is 0 Å². The Labute approximate surface area is 99.0 Å². The highest BCUT2D eigenvalue weighted by molar-refractivity contribution is 9.10. The molecule has 1 atom stereocenters. The minimum atomic E-state index is 0.355. The van der Waals surface area contributed by atoms with Crippen molar-refractivity contribution in [1.82, 2.24) is 10.2 Å². The number of nitrogens with one attached hydrogen (secondary N) is 1. The summed E-state index contributed by atoms with van der Waals surface area (Å²) in [6, 6.07) is 5.02. The Bertz CT molecular complexity index is 322. The van der Waals surface area contributed by atoms with Crippen molar-refractivity contribution in [3.8, 4) is 0 Å². The summed E-state index contributed by atoms with van der Waals surface area (Å²) in [4.78, 5) is 2.47. The second kappa shape index (κ2) is 4.68. The van der Waals surface area contributed by atoms with Gasteiger partial charge in [0.05, 0.1) is 6.04 Å². The molecule has 1 aliphatic heterocycles. The standard InChI is InChI=1S/C11H17BrN2O/c1-3-14(9-6-13-7-9)8(2)10-4-5-11(12)15-10/h4-5,8-9,13H,3,6-7H2,1-2H3. The van der Waals surface area contributed by atoms with E-state index in [0.717, 1.165) is 30.1 Å². The van der Waals surface area contributed by atoms with Gasteiger partial charge in [0.25, 0.3) is 0 Å². The monoisotopic (exact) mass is 272 g/mol. The van der Waals surface area contributed by atoms with Crippen LogP contribution >= 0.6 is 15.9 Å². The van der Waals surface area contributed by atoms with Crippen LogP contribution in [-0.4, -0.2) is 30.6 Å². The van der Waals surface area contributed by atoms with Gasteiger partial charge in [0.15, 0.2) is 4.67 Å². The van der Waals surface area contributed by atoms with E-state index in [-0.39, 0.29) is 0 Å². The number of hydrogen-bond donors (Lipinski definition) is 1. The van der Waals surface area contributed by atoms with Gasteiger partial charge in [-0.3, -0.25) is 4.90 Å². The fourth-order valence-electron chi connectivity index (χ4n) is 2.07. The topological polar surface area (TPSA) is 28.4 Å². The summed E-state index contributed by atoms with van der Waals surface area (Å²) in [5.41, 5.74) is 0. The fourth-order valence-corrected chi connectivity index (χ4v) is 2.39. The third kappa shape index (κ3) is 2.27. The highest BCUT2D eigenvalue weighted by atomic mass is 79.9. The lowest BCUT2D eigenvalue weighted by Gasteiger charge is -2.40. The molecule has 1 N–H and O–H groups in total. The van der Waals surface area contributed by atoms with E-state index in [1.54, 1.807) is 0 Å². The molecule has 1 unspecified atom stereocenters. The van der Waals surface area contributed by atoms with E-state index in [0.29, 0.717) is 12.1 Å². The molecule has 0 amide bonds. The van der Waals surface area contributed by atoms with E-state index < -0.39 is 0 Å². The highest BCUT2D eigenvalue weighted by Crippen LogP contribution is 2.27. The highest BCUT2D eigenvalue weighted by Gasteiger charge is 2.28. The summed E-state index contributed by atoms with van der Waals surface area (Å²) in [6.45, 7) is 7.66. The second-order valence-corrected chi connectivity index (χ2v) is 4.74. The number of halogens is 1. The van der Waals surface area contributed by atoms with Gasteiger partial charge in [-0.25, -0.2) is 0 Å². The zero-order chi connectivity index (χ0) is 10.8. The lowest BCUT2D eigenvalue weighted by Crippen LogP contribution is -2.57. The predicted octanol–water partition coefficient (Wildman–Crippen LogP) is 2.40. The van der Waals surface area contributed by atoms with Crippen LogP contribution in [0.2, 0.25) is 0 Å². The number of nitrogens with zero attached hydrogens (tertiary/aromatic N) is 1. The maximum absolute atomic E-state index is 5.60. The molecule has 2 rings (SSSR count). The molecule has 1 saturated heterocycles. The second-order valence-electron chi connectivity index (χ2n) is 3.96. The molecule has 1 aromatic rings. The van der Waals surface area contributed by atoms with Crippen molar-refractivity contribution in [2.75, 3.05) is 19.6 Å². The molecule has 0 spiro atoms. The summed E-state index contributed by atoms with van der Waals surface area (Å²) in [5.74, 6) is 1.04. The van der Waals surface area contributed by atoms with Gasteiger partial charge in [0.2, 0.25) is 0 Å². The van der Waals surface area contributed by atoms with Gasteiger partial charge in [-0.05, 0) is 41.5 Å². The average Bonchev–Trinajstić information content (AvgIpc) is 2.57. The molecule has 0 saturated carbocycles. The third-order valence-corrected chi connectivity index (χ3v) is 3.52. The Morgan fingerprint density at radius 2 is 2.33 bits per heavy atom. The van der Waals surface area contributed by atoms with Crippen molar-refractivity contribution in [3.63, 3.8) is 0 Å². The SMILES string of the molecule is CCN(C1CNC1)C(C)c1ccc(Br)o1. The van der Waals surface area contributed by atoms with Crippen LogP contribution in [0.5, 0.6) is 0 Å². The Kier molecular flexibility index (Phi) is 3.49. The Morgan fingerprint density at radius 1 is 1.60 bits per heavy atom. The van der Waals surface area contributed by atoms with Crippen molar-refractivity contribution in [2.24, 2.45) is 0 Å². The number of likely N-dealkylation sites (N-methyl/N-ethyl adjacent to an activating group) is 1. The lowest BCUT2D eigenvalue weighted by atomic mass is 10.1. The van der Waals surface area contributed by atoms with Gasteiger partial charge in [0, 0.05) is 19.1 Å². The van der Waals surface area contributed by atoms with Gasteiger partial charge >= 0.3 is 0 Å².